The van der Waals surface area contributed by atoms with Crippen LogP contribution in [0, 0.1) is 0 Å². The van der Waals surface area contributed by atoms with Gasteiger partial charge in [-0.1, -0.05) is 30.3 Å². The topological polar surface area (TPSA) is 82.3 Å². The first-order valence-corrected chi connectivity index (χ1v) is 9.79. The van der Waals surface area contributed by atoms with Crippen molar-refractivity contribution in [2.45, 2.75) is 31.3 Å². The molecule has 3 N–H and O–H groups in total. The molecule has 2 aliphatic heterocycles. The molecule has 2 aliphatic rings. The number of fused-ring (bicyclic) bond motifs is 1. The van der Waals surface area contributed by atoms with Crippen molar-refractivity contribution in [3.63, 3.8) is 0 Å². The first-order valence-electron chi connectivity index (χ1n) is 9.79. The molecule has 2 aromatic rings. The quantitative estimate of drug-likeness (QED) is 0.681. The minimum absolute atomic E-state index is 0.112. The van der Waals surface area contributed by atoms with Crippen LogP contribution in [0.15, 0.2) is 48.5 Å². The summed E-state index contributed by atoms with van der Waals surface area (Å²) in [7, 11) is 0. The maximum atomic E-state index is 13.3. The second kappa shape index (κ2) is 7.37. The Bertz CT molecular complexity index is 907. The number of anilines is 1. The molecular weight excluding hydrogens is 356 g/mol. The Morgan fingerprint density at radius 3 is 2.46 bits per heavy atom. The standard InChI is InChI=1S/C22H24N2O4/c25-19-11-5-2-8-16(19)20(26)14-22(28)17-9-3-4-10-18(17)24(21(22)27)15-23-12-6-1-7-13-23/h2-5,8-11,25,28H,1,6-7,12-15H2/p+1/t22-/m0/s1. The number of aromatic hydroxyl groups is 1. The summed E-state index contributed by atoms with van der Waals surface area (Å²) in [5.41, 5.74) is -0.676. The zero-order valence-electron chi connectivity index (χ0n) is 15.7. The van der Waals surface area contributed by atoms with E-state index in [0.717, 1.165) is 25.9 Å². The highest BCUT2D eigenvalue weighted by molar-refractivity contribution is 6.11. The molecular formula is C22H25N2O4+. The lowest BCUT2D eigenvalue weighted by molar-refractivity contribution is -0.903. The number of likely N-dealkylation sites (tertiary alicyclic amines) is 1. The number of benzene rings is 2. The predicted octanol–water partition coefficient (Wildman–Crippen LogP) is 1.23. The van der Waals surface area contributed by atoms with Crippen molar-refractivity contribution in [2.75, 3.05) is 24.7 Å². The number of carbonyl (C=O) groups is 2. The summed E-state index contributed by atoms with van der Waals surface area (Å²) in [6.45, 7) is 2.49. The van der Waals surface area contributed by atoms with Crippen LogP contribution in [0.25, 0.3) is 0 Å². The third-order valence-corrected chi connectivity index (χ3v) is 5.80. The molecule has 1 atom stereocenters. The van der Waals surface area contributed by atoms with Gasteiger partial charge in [-0.3, -0.25) is 14.5 Å². The Morgan fingerprint density at radius 2 is 1.71 bits per heavy atom. The fourth-order valence-corrected chi connectivity index (χ4v) is 4.30. The van der Waals surface area contributed by atoms with E-state index in [0.29, 0.717) is 17.9 Å². The number of hydrogen-bond acceptors (Lipinski definition) is 4. The van der Waals surface area contributed by atoms with Crippen molar-refractivity contribution >= 4 is 17.4 Å². The van der Waals surface area contributed by atoms with E-state index in [9.17, 15) is 19.8 Å². The molecule has 146 valence electrons. The van der Waals surface area contributed by atoms with Crippen molar-refractivity contribution < 1.29 is 24.7 Å². The Labute approximate surface area is 164 Å². The Balaban J connectivity index is 1.64. The maximum Gasteiger partial charge on any atom is 0.268 e. The van der Waals surface area contributed by atoms with Crippen molar-refractivity contribution in [3.8, 4) is 5.75 Å². The Morgan fingerprint density at radius 1 is 1.04 bits per heavy atom. The van der Waals surface area contributed by atoms with E-state index >= 15 is 0 Å². The van der Waals surface area contributed by atoms with Crippen LogP contribution in [0.5, 0.6) is 5.75 Å². The third kappa shape index (κ3) is 3.19. The van der Waals surface area contributed by atoms with Gasteiger partial charge in [0.05, 0.1) is 30.8 Å². The van der Waals surface area contributed by atoms with E-state index in [4.69, 9.17) is 0 Å². The van der Waals surface area contributed by atoms with Crippen LogP contribution in [0.1, 0.15) is 41.6 Å². The van der Waals surface area contributed by atoms with Crippen LogP contribution in [0.2, 0.25) is 0 Å². The number of hydrogen-bond donors (Lipinski definition) is 3. The third-order valence-electron chi connectivity index (χ3n) is 5.80. The summed E-state index contributed by atoms with van der Waals surface area (Å²) in [6.07, 6.45) is 3.09. The number of para-hydroxylation sites is 2. The van der Waals surface area contributed by atoms with Gasteiger partial charge in [0.15, 0.2) is 18.1 Å². The molecule has 2 aromatic carbocycles. The molecule has 0 bridgehead atoms. The van der Waals surface area contributed by atoms with Gasteiger partial charge in [-0.2, -0.15) is 0 Å². The summed E-state index contributed by atoms with van der Waals surface area (Å²) >= 11 is 0. The summed E-state index contributed by atoms with van der Waals surface area (Å²) in [6, 6.07) is 13.3. The van der Waals surface area contributed by atoms with Crippen LogP contribution in [0.3, 0.4) is 0 Å². The Hall–Kier alpha value is -2.70. The lowest BCUT2D eigenvalue weighted by Gasteiger charge is -2.29. The molecule has 6 heteroatoms. The van der Waals surface area contributed by atoms with Crippen LogP contribution < -0.4 is 9.80 Å². The average molecular weight is 381 g/mol. The van der Waals surface area contributed by atoms with E-state index in [1.54, 1.807) is 29.2 Å². The molecule has 4 rings (SSSR count). The largest absolute Gasteiger partial charge is 0.507 e. The smallest absolute Gasteiger partial charge is 0.268 e. The zero-order valence-corrected chi connectivity index (χ0v) is 15.7. The number of rotatable bonds is 5. The number of phenols is 1. The molecule has 6 nitrogen and oxygen atoms in total. The summed E-state index contributed by atoms with van der Waals surface area (Å²) in [5, 5.41) is 21.3. The van der Waals surface area contributed by atoms with E-state index in [1.165, 1.54) is 23.5 Å². The molecule has 1 fully saturated rings. The molecule has 1 saturated heterocycles. The van der Waals surface area contributed by atoms with Crippen molar-refractivity contribution in [1.82, 2.24) is 0 Å². The maximum absolute atomic E-state index is 13.3. The number of ketones is 1. The number of quaternary nitrogens is 1. The molecule has 0 saturated carbocycles. The fourth-order valence-electron chi connectivity index (χ4n) is 4.30. The van der Waals surface area contributed by atoms with E-state index < -0.39 is 23.7 Å². The van der Waals surface area contributed by atoms with Gasteiger partial charge in [0.25, 0.3) is 5.91 Å². The van der Waals surface area contributed by atoms with Crippen molar-refractivity contribution in [1.29, 1.82) is 0 Å². The van der Waals surface area contributed by atoms with Gasteiger partial charge >= 0.3 is 0 Å². The number of phenolic OH excluding ortho intramolecular Hbond substituents is 1. The van der Waals surface area contributed by atoms with Gasteiger partial charge < -0.3 is 15.1 Å². The average Bonchev–Trinajstić information content (AvgIpc) is 2.91. The van der Waals surface area contributed by atoms with Crippen molar-refractivity contribution in [3.05, 3.63) is 59.7 Å². The first kappa shape index (κ1) is 18.7. The van der Waals surface area contributed by atoms with Gasteiger partial charge in [-0.15, -0.1) is 0 Å². The number of Topliss-reactive ketones (excluding diaryl/α,β-unsaturated/α-hetero) is 1. The highest BCUT2D eigenvalue weighted by Crippen LogP contribution is 2.42. The van der Waals surface area contributed by atoms with Crippen LogP contribution in [-0.4, -0.2) is 41.7 Å². The highest BCUT2D eigenvalue weighted by Gasteiger charge is 2.51. The molecule has 0 radical (unpaired) electrons. The SMILES string of the molecule is O=C(C[C@@]1(O)C(=O)N(C[NH+]2CCCCC2)c2ccccc21)c1ccccc1O. The Kier molecular flexibility index (Phi) is 4.91. The molecule has 28 heavy (non-hydrogen) atoms. The van der Waals surface area contributed by atoms with Gasteiger partial charge in [0, 0.05) is 5.56 Å². The zero-order chi connectivity index (χ0) is 19.7. The number of aliphatic hydroxyl groups is 1. The summed E-state index contributed by atoms with van der Waals surface area (Å²) in [4.78, 5) is 29.0. The number of nitrogens with zero attached hydrogens (tertiary/aromatic N) is 1. The molecule has 0 unspecified atom stereocenters. The number of piperidine rings is 1. The molecule has 0 aliphatic carbocycles. The number of carbonyl (C=O) groups excluding carboxylic acids is 2. The fraction of sp³-hybridized carbons (Fsp3) is 0.364. The number of nitrogens with one attached hydrogen (secondary N) is 1. The monoisotopic (exact) mass is 381 g/mol. The van der Waals surface area contributed by atoms with Crippen LogP contribution in [0.4, 0.5) is 5.69 Å². The van der Waals surface area contributed by atoms with Gasteiger partial charge in [-0.05, 0) is 37.5 Å². The van der Waals surface area contributed by atoms with Crippen molar-refractivity contribution in [2.24, 2.45) is 0 Å². The van der Waals surface area contributed by atoms with Crippen LogP contribution >= 0.6 is 0 Å². The molecule has 0 aromatic heterocycles. The second-order valence-electron chi connectivity index (χ2n) is 7.70. The van der Waals surface area contributed by atoms with Crippen LogP contribution in [-0.2, 0) is 10.4 Å². The summed E-state index contributed by atoms with van der Waals surface area (Å²) < 4.78 is 0. The number of amides is 1. The van der Waals surface area contributed by atoms with Gasteiger partial charge in [-0.25, -0.2) is 0 Å². The normalized spacial score (nSPS) is 22.3. The molecule has 2 heterocycles. The molecule has 1 amide bonds. The van der Waals surface area contributed by atoms with E-state index in [2.05, 4.69) is 0 Å². The molecule has 0 spiro atoms. The predicted molar refractivity (Wildman–Crippen MR) is 104 cm³/mol. The lowest BCUT2D eigenvalue weighted by Crippen LogP contribution is -3.14. The highest BCUT2D eigenvalue weighted by atomic mass is 16.3. The minimum Gasteiger partial charge on any atom is -0.507 e. The second-order valence-corrected chi connectivity index (χ2v) is 7.70. The first-order chi connectivity index (χ1) is 13.5. The summed E-state index contributed by atoms with van der Waals surface area (Å²) in [5.74, 6) is -1.07. The van der Waals surface area contributed by atoms with E-state index in [1.807, 2.05) is 12.1 Å². The lowest BCUT2D eigenvalue weighted by atomic mass is 9.88. The van der Waals surface area contributed by atoms with Gasteiger partial charge in [0.2, 0.25) is 0 Å². The van der Waals surface area contributed by atoms with E-state index in [-0.39, 0.29) is 11.3 Å². The minimum atomic E-state index is -1.91. The van der Waals surface area contributed by atoms with Gasteiger partial charge in [0.1, 0.15) is 5.75 Å².